The van der Waals surface area contributed by atoms with Crippen LogP contribution < -0.4 is 0 Å². The fourth-order valence-electron chi connectivity index (χ4n) is 4.08. The van der Waals surface area contributed by atoms with Gasteiger partial charge in [-0.1, -0.05) is 6.07 Å². The molecule has 1 spiro atoms. The van der Waals surface area contributed by atoms with Gasteiger partial charge in [0.2, 0.25) is 0 Å². The van der Waals surface area contributed by atoms with Crippen LogP contribution in [0.5, 0.6) is 0 Å². The predicted molar refractivity (Wildman–Crippen MR) is 92.5 cm³/mol. The number of hydrogen-bond acceptors (Lipinski definition) is 4. The van der Waals surface area contributed by atoms with E-state index in [0.29, 0.717) is 11.5 Å². The van der Waals surface area contributed by atoms with Gasteiger partial charge in [-0.15, -0.1) is 0 Å². The lowest BCUT2D eigenvalue weighted by Crippen LogP contribution is -2.40. The third-order valence-corrected chi connectivity index (χ3v) is 5.67. The first-order valence-electron chi connectivity index (χ1n) is 8.92. The lowest BCUT2D eigenvalue weighted by atomic mass is 9.76. The topological polar surface area (TPSA) is 43.2 Å². The van der Waals surface area contributed by atoms with E-state index in [2.05, 4.69) is 38.6 Å². The minimum Gasteiger partial charge on any atom is -0.377 e. The fourth-order valence-corrected chi connectivity index (χ4v) is 4.08. The minimum atomic E-state index is 0.337. The van der Waals surface area contributed by atoms with Crippen molar-refractivity contribution in [2.45, 2.75) is 38.3 Å². The van der Waals surface area contributed by atoms with E-state index < -0.39 is 0 Å². The van der Waals surface area contributed by atoms with Crippen molar-refractivity contribution in [3.63, 3.8) is 0 Å². The summed E-state index contributed by atoms with van der Waals surface area (Å²) in [6.45, 7) is 4.24. The molecule has 0 saturated carbocycles. The van der Waals surface area contributed by atoms with Gasteiger partial charge in [-0.25, -0.2) is 4.98 Å². The summed E-state index contributed by atoms with van der Waals surface area (Å²) in [6.07, 6.45) is 10.7. The molecule has 2 saturated heterocycles. The van der Waals surface area contributed by atoms with E-state index in [9.17, 15) is 0 Å². The number of pyridine rings is 1. The van der Waals surface area contributed by atoms with E-state index in [4.69, 9.17) is 4.74 Å². The smallest absolute Gasteiger partial charge is 0.0945 e. The van der Waals surface area contributed by atoms with Crippen molar-refractivity contribution >= 4 is 0 Å². The molecule has 24 heavy (non-hydrogen) atoms. The summed E-state index contributed by atoms with van der Waals surface area (Å²) in [7, 11) is 2.07. The van der Waals surface area contributed by atoms with Crippen molar-refractivity contribution < 1.29 is 4.74 Å². The molecule has 2 aliphatic rings. The standard InChI is InChI=1S/C19H26N4O/c1-22-15-20-12-17(22)13-23-8-5-19(6-9-23)11-18(24-14-19)10-16-4-2-3-7-21-16/h2-4,7,12,15,18H,5-6,8-11,13-14H2,1H3/t18-/m1/s1. The van der Waals surface area contributed by atoms with Crippen LogP contribution in [0.1, 0.15) is 30.7 Å². The molecule has 2 aromatic rings. The first-order chi connectivity index (χ1) is 11.7. The summed E-state index contributed by atoms with van der Waals surface area (Å²) >= 11 is 0. The maximum atomic E-state index is 6.14. The second-order valence-electron chi connectivity index (χ2n) is 7.43. The molecule has 0 aromatic carbocycles. The average Bonchev–Trinajstić information content (AvgIpc) is 3.18. The summed E-state index contributed by atoms with van der Waals surface area (Å²) in [5.41, 5.74) is 2.83. The van der Waals surface area contributed by atoms with Crippen LogP contribution in [0.25, 0.3) is 0 Å². The summed E-state index contributed by atoms with van der Waals surface area (Å²) in [6, 6.07) is 6.13. The number of piperidine rings is 1. The summed E-state index contributed by atoms with van der Waals surface area (Å²) in [4.78, 5) is 11.2. The summed E-state index contributed by atoms with van der Waals surface area (Å²) < 4.78 is 8.25. The second-order valence-corrected chi connectivity index (χ2v) is 7.43. The van der Waals surface area contributed by atoms with Crippen molar-refractivity contribution in [3.8, 4) is 0 Å². The van der Waals surface area contributed by atoms with Gasteiger partial charge in [0.05, 0.1) is 24.7 Å². The Morgan fingerprint density at radius 2 is 2.17 bits per heavy atom. The number of aryl methyl sites for hydroxylation is 1. The molecule has 2 fully saturated rings. The van der Waals surface area contributed by atoms with Gasteiger partial charge in [-0.05, 0) is 49.9 Å². The maximum absolute atomic E-state index is 6.14. The highest BCUT2D eigenvalue weighted by Crippen LogP contribution is 2.42. The first kappa shape index (κ1) is 15.8. The molecular weight excluding hydrogens is 300 g/mol. The van der Waals surface area contributed by atoms with Crippen LogP contribution in [0.4, 0.5) is 0 Å². The predicted octanol–water partition coefficient (Wildman–Crippen LogP) is 2.43. The second kappa shape index (κ2) is 6.65. The van der Waals surface area contributed by atoms with Gasteiger partial charge in [0.25, 0.3) is 0 Å². The van der Waals surface area contributed by atoms with Crippen LogP contribution >= 0.6 is 0 Å². The average molecular weight is 326 g/mol. The largest absolute Gasteiger partial charge is 0.377 e. The molecule has 0 bridgehead atoms. The molecule has 0 amide bonds. The lowest BCUT2D eigenvalue weighted by Gasteiger charge is -2.38. The summed E-state index contributed by atoms with van der Waals surface area (Å²) in [5, 5.41) is 0. The molecule has 1 atom stereocenters. The van der Waals surface area contributed by atoms with E-state index in [1.807, 2.05) is 24.8 Å². The highest BCUT2D eigenvalue weighted by molar-refractivity contribution is 5.06. The molecule has 0 N–H and O–H groups in total. The molecule has 2 aliphatic heterocycles. The van der Waals surface area contributed by atoms with E-state index in [1.54, 1.807) is 0 Å². The molecule has 0 radical (unpaired) electrons. The molecule has 5 nitrogen and oxygen atoms in total. The number of imidazole rings is 1. The molecule has 5 heteroatoms. The van der Waals surface area contributed by atoms with Crippen molar-refractivity contribution in [2.75, 3.05) is 19.7 Å². The van der Waals surface area contributed by atoms with Crippen molar-refractivity contribution in [1.82, 2.24) is 19.4 Å². The van der Waals surface area contributed by atoms with Crippen LogP contribution in [0.2, 0.25) is 0 Å². The Morgan fingerprint density at radius 3 is 2.88 bits per heavy atom. The zero-order chi connectivity index (χ0) is 16.4. The maximum Gasteiger partial charge on any atom is 0.0945 e. The zero-order valence-corrected chi connectivity index (χ0v) is 14.4. The molecule has 0 unspecified atom stereocenters. The van der Waals surface area contributed by atoms with Crippen molar-refractivity contribution in [2.24, 2.45) is 12.5 Å². The Balaban J connectivity index is 1.30. The third-order valence-electron chi connectivity index (χ3n) is 5.67. The highest BCUT2D eigenvalue weighted by atomic mass is 16.5. The quantitative estimate of drug-likeness (QED) is 0.865. The van der Waals surface area contributed by atoms with Crippen LogP contribution in [0.3, 0.4) is 0 Å². The number of likely N-dealkylation sites (tertiary alicyclic amines) is 1. The van der Waals surface area contributed by atoms with Crippen molar-refractivity contribution in [3.05, 3.63) is 48.3 Å². The van der Waals surface area contributed by atoms with E-state index in [0.717, 1.165) is 38.4 Å². The Bertz CT molecular complexity index is 661. The number of aromatic nitrogens is 3. The zero-order valence-electron chi connectivity index (χ0n) is 14.4. The van der Waals surface area contributed by atoms with Gasteiger partial charge in [0.1, 0.15) is 0 Å². The van der Waals surface area contributed by atoms with Crippen molar-refractivity contribution in [1.29, 1.82) is 0 Å². The van der Waals surface area contributed by atoms with Crippen LogP contribution in [-0.2, 0) is 24.8 Å². The van der Waals surface area contributed by atoms with E-state index in [1.165, 1.54) is 25.0 Å². The Kier molecular flexibility index (Phi) is 4.37. The lowest BCUT2D eigenvalue weighted by molar-refractivity contribution is 0.0624. The van der Waals surface area contributed by atoms with Crippen LogP contribution in [0.15, 0.2) is 36.9 Å². The number of rotatable bonds is 4. The minimum absolute atomic E-state index is 0.337. The van der Waals surface area contributed by atoms with Gasteiger partial charge in [-0.2, -0.15) is 0 Å². The van der Waals surface area contributed by atoms with Gasteiger partial charge in [-0.3, -0.25) is 9.88 Å². The molecule has 2 aromatic heterocycles. The summed E-state index contributed by atoms with van der Waals surface area (Å²) in [5.74, 6) is 0. The number of nitrogens with zero attached hydrogens (tertiary/aromatic N) is 4. The first-order valence-corrected chi connectivity index (χ1v) is 8.92. The van der Waals surface area contributed by atoms with E-state index >= 15 is 0 Å². The van der Waals surface area contributed by atoms with Crippen LogP contribution in [-0.4, -0.2) is 45.2 Å². The Morgan fingerprint density at radius 1 is 1.29 bits per heavy atom. The normalized spacial score (nSPS) is 23.8. The van der Waals surface area contributed by atoms with Gasteiger partial charge < -0.3 is 9.30 Å². The third kappa shape index (κ3) is 3.37. The van der Waals surface area contributed by atoms with Crippen LogP contribution in [0, 0.1) is 5.41 Å². The highest BCUT2D eigenvalue weighted by Gasteiger charge is 2.42. The Labute approximate surface area is 143 Å². The molecule has 0 aliphatic carbocycles. The number of hydrogen-bond donors (Lipinski definition) is 0. The monoisotopic (exact) mass is 326 g/mol. The number of ether oxygens (including phenoxy) is 1. The van der Waals surface area contributed by atoms with Gasteiger partial charge in [0, 0.05) is 38.1 Å². The van der Waals surface area contributed by atoms with Gasteiger partial charge >= 0.3 is 0 Å². The molecule has 128 valence electrons. The molecule has 4 rings (SSSR count). The van der Waals surface area contributed by atoms with Gasteiger partial charge in [0.15, 0.2) is 0 Å². The SMILES string of the molecule is Cn1cncc1CN1CCC2(CC1)CO[C@H](Cc1ccccn1)C2. The van der Waals surface area contributed by atoms with E-state index in [-0.39, 0.29) is 0 Å². The Hall–Kier alpha value is -1.72. The molecule has 4 heterocycles. The fraction of sp³-hybridized carbons (Fsp3) is 0.579. The molecular formula is C19H26N4O.